The van der Waals surface area contributed by atoms with E-state index >= 15 is 0 Å². The number of fused-ring (bicyclic) bond motifs is 1. The van der Waals surface area contributed by atoms with E-state index in [1.165, 1.54) is 10.7 Å². The molecule has 0 unspecified atom stereocenters. The Kier molecular flexibility index (Phi) is 1.65. The minimum absolute atomic E-state index is 0.0557. The first kappa shape index (κ1) is 8.08. The quantitative estimate of drug-likeness (QED) is 0.688. The fraction of sp³-hybridized carbons (Fsp3) is 0.200. The highest BCUT2D eigenvalue weighted by Gasteiger charge is 2.26. The second kappa shape index (κ2) is 2.87. The monoisotopic (exact) mass is 217 g/mol. The first-order valence-electron chi connectivity index (χ1n) is 3.53. The Morgan fingerprint density at radius 2 is 2.21 bits per heavy atom. The van der Waals surface area contributed by atoms with Crippen molar-refractivity contribution in [1.29, 1.82) is 0 Å². The van der Waals surface area contributed by atoms with Crippen molar-refractivity contribution in [3.63, 3.8) is 0 Å². The summed E-state index contributed by atoms with van der Waals surface area (Å²) in [6.07, 6.45) is 0.708. The van der Waals surface area contributed by atoms with Gasteiger partial charge < -0.3 is 5.11 Å². The van der Waals surface area contributed by atoms with Gasteiger partial charge in [-0.25, -0.2) is 9.50 Å². The number of nitrogens with zero attached hydrogens (tertiary/aromatic N) is 3. The zero-order valence-corrected chi connectivity index (χ0v) is 7.30. The number of rotatable bonds is 1. The van der Waals surface area contributed by atoms with Crippen molar-refractivity contribution in [1.82, 2.24) is 14.6 Å². The molecule has 9 heteroatoms. The Balaban J connectivity index is 2.01. The maximum atomic E-state index is 9.04. The van der Waals surface area contributed by atoms with E-state index in [0.717, 1.165) is 11.3 Å². The Bertz CT molecular complexity index is 429. The van der Waals surface area contributed by atoms with E-state index in [2.05, 4.69) is 29.9 Å². The lowest BCUT2D eigenvalue weighted by atomic mass is 10.5. The normalized spacial score (nSPS) is 18.3. The Morgan fingerprint density at radius 3 is 2.93 bits per heavy atom. The molecule has 0 atom stereocenters. The molecule has 1 aliphatic heterocycles. The summed E-state index contributed by atoms with van der Waals surface area (Å²) in [5.74, 6) is 0. The molecule has 1 aliphatic rings. The summed E-state index contributed by atoms with van der Waals surface area (Å²) in [5, 5.41) is 20.9. The summed E-state index contributed by atoms with van der Waals surface area (Å²) in [4.78, 5) is 13.7. The SMILES string of the molecule is Oc1nn2cc(C3OOOO3)nc2s1. The van der Waals surface area contributed by atoms with Crippen LogP contribution in [0.15, 0.2) is 6.20 Å². The first-order valence-corrected chi connectivity index (χ1v) is 4.35. The lowest BCUT2D eigenvalue weighted by molar-refractivity contribution is -0.532. The van der Waals surface area contributed by atoms with E-state index in [-0.39, 0.29) is 5.19 Å². The van der Waals surface area contributed by atoms with Crippen LogP contribution in [0.2, 0.25) is 0 Å². The number of aromatic nitrogens is 3. The van der Waals surface area contributed by atoms with Crippen LogP contribution in [0, 0.1) is 0 Å². The molecule has 0 bridgehead atoms. The van der Waals surface area contributed by atoms with Gasteiger partial charge in [-0.15, -0.1) is 5.10 Å². The van der Waals surface area contributed by atoms with Gasteiger partial charge in [0.25, 0.3) is 11.5 Å². The molecule has 2 aromatic heterocycles. The van der Waals surface area contributed by atoms with Crippen molar-refractivity contribution >= 4 is 16.3 Å². The summed E-state index contributed by atoms with van der Waals surface area (Å²) in [5.41, 5.74) is 0.446. The molecule has 1 N–H and O–H groups in total. The van der Waals surface area contributed by atoms with Crippen LogP contribution in [0.3, 0.4) is 0 Å². The van der Waals surface area contributed by atoms with Crippen LogP contribution in [0.4, 0.5) is 0 Å². The molecule has 0 amide bonds. The van der Waals surface area contributed by atoms with Crippen LogP contribution >= 0.6 is 11.3 Å². The van der Waals surface area contributed by atoms with Gasteiger partial charge in [0.15, 0.2) is 0 Å². The van der Waals surface area contributed by atoms with E-state index in [9.17, 15) is 0 Å². The van der Waals surface area contributed by atoms with Crippen LogP contribution in [-0.4, -0.2) is 19.7 Å². The fourth-order valence-electron chi connectivity index (χ4n) is 1.04. The van der Waals surface area contributed by atoms with Gasteiger partial charge in [-0.1, -0.05) is 0 Å². The molecule has 0 radical (unpaired) electrons. The highest BCUT2D eigenvalue weighted by Crippen LogP contribution is 2.27. The fourth-order valence-corrected chi connectivity index (χ4v) is 1.67. The van der Waals surface area contributed by atoms with Crippen LogP contribution in [0.25, 0.3) is 4.96 Å². The Labute approximate surface area is 80.0 Å². The van der Waals surface area contributed by atoms with Gasteiger partial charge in [-0.2, -0.15) is 9.78 Å². The number of hydrogen-bond acceptors (Lipinski definition) is 8. The van der Waals surface area contributed by atoms with Gasteiger partial charge >= 0.3 is 0 Å². The van der Waals surface area contributed by atoms with Gasteiger partial charge in [-0.3, -0.25) is 0 Å². The third-order valence-electron chi connectivity index (χ3n) is 1.57. The smallest absolute Gasteiger partial charge is 0.291 e. The summed E-state index contributed by atoms with van der Waals surface area (Å²) in [6.45, 7) is 0. The highest BCUT2D eigenvalue weighted by molar-refractivity contribution is 7.18. The molecule has 0 saturated carbocycles. The van der Waals surface area contributed by atoms with Crippen LogP contribution in [0.1, 0.15) is 12.0 Å². The summed E-state index contributed by atoms with van der Waals surface area (Å²) in [6, 6.07) is 0. The van der Waals surface area contributed by atoms with Crippen LogP contribution in [-0.2, 0) is 19.9 Å². The van der Waals surface area contributed by atoms with Gasteiger partial charge in [0, 0.05) is 0 Å². The average molecular weight is 217 g/mol. The molecule has 3 rings (SSSR count). The van der Waals surface area contributed by atoms with Gasteiger partial charge in [-0.05, 0) is 21.4 Å². The molecular formula is C5H3N3O5S. The lowest BCUT2D eigenvalue weighted by Gasteiger charge is -1.94. The van der Waals surface area contributed by atoms with E-state index in [0.29, 0.717) is 10.7 Å². The predicted octanol–water partition coefficient (Wildman–Crippen LogP) is 0.320. The number of hydrogen-bond donors (Lipinski definition) is 1. The Hall–Kier alpha value is -1.26. The van der Waals surface area contributed by atoms with Gasteiger partial charge in [0.1, 0.15) is 5.69 Å². The minimum atomic E-state index is -0.828. The van der Waals surface area contributed by atoms with Crippen molar-refractivity contribution in [3.8, 4) is 5.19 Å². The third-order valence-corrected chi connectivity index (χ3v) is 2.30. The zero-order valence-electron chi connectivity index (χ0n) is 6.48. The topological polar surface area (TPSA) is 87.3 Å². The molecule has 0 aliphatic carbocycles. The second-order valence-electron chi connectivity index (χ2n) is 2.44. The average Bonchev–Trinajstić information content (AvgIpc) is 2.74. The van der Waals surface area contributed by atoms with Crippen LogP contribution < -0.4 is 0 Å². The minimum Gasteiger partial charge on any atom is -0.485 e. The molecule has 1 saturated heterocycles. The van der Waals surface area contributed by atoms with Crippen molar-refractivity contribution in [2.45, 2.75) is 6.29 Å². The number of imidazole rings is 1. The largest absolute Gasteiger partial charge is 0.485 e. The first-order chi connectivity index (χ1) is 6.83. The third kappa shape index (κ3) is 1.15. The maximum absolute atomic E-state index is 9.04. The molecule has 3 heterocycles. The second-order valence-corrected chi connectivity index (χ2v) is 3.37. The lowest BCUT2D eigenvalue weighted by Crippen LogP contribution is -1.97. The molecule has 8 nitrogen and oxygen atoms in total. The molecule has 1 fully saturated rings. The standard InChI is InChI=1S/C5H3N3O5S/c9-5-7-8-1-2(6-4(8)14-5)3-10-12-13-11-3/h1,3H,(H,7,9). The predicted molar refractivity (Wildman–Crippen MR) is 39.6 cm³/mol. The van der Waals surface area contributed by atoms with E-state index in [1.807, 2.05) is 0 Å². The summed E-state index contributed by atoms with van der Waals surface area (Å²) in [7, 11) is 0. The van der Waals surface area contributed by atoms with E-state index in [4.69, 9.17) is 5.11 Å². The molecular weight excluding hydrogens is 214 g/mol. The highest BCUT2D eigenvalue weighted by atomic mass is 32.1. The van der Waals surface area contributed by atoms with E-state index < -0.39 is 6.29 Å². The number of aromatic hydroxyl groups is 1. The maximum Gasteiger partial charge on any atom is 0.291 e. The molecule has 0 spiro atoms. The van der Waals surface area contributed by atoms with Crippen molar-refractivity contribution in [2.24, 2.45) is 0 Å². The molecule has 0 aromatic carbocycles. The Morgan fingerprint density at radius 1 is 1.43 bits per heavy atom. The zero-order chi connectivity index (χ0) is 9.54. The van der Waals surface area contributed by atoms with Crippen molar-refractivity contribution < 1.29 is 25.0 Å². The van der Waals surface area contributed by atoms with Gasteiger partial charge in [0.05, 0.1) is 6.20 Å². The van der Waals surface area contributed by atoms with E-state index in [1.54, 1.807) is 0 Å². The van der Waals surface area contributed by atoms with Gasteiger partial charge in [0.2, 0.25) is 4.96 Å². The molecule has 74 valence electrons. The summed E-state index contributed by atoms with van der Waals surface area (Å²) < 4.78 is 1.40. The van der Waals surface area contributed by atoms with Crippen LogP contribution in [0.5, 0.6) is 5.19 Å². The van der Waals surface area contributed by atoms with Crippen molar-refractivity contribution in [3.05, 3.63) is 11.9 Å². The molecule has 14 heavy (non-hydrogen) atoms. The van der Waals surface area contributed by atoms with Crippen molar-refractivity contribution in [2.75, 3.05) is 0 Å². The molecule has 2 aromatic rings. The summed E-state index contributed by atoms with van der Waals surface area (Å²) >= 11 is 1.04.